The van der Waals surface area contributed by atoms with Crippen LogP contribution in [0, 0.1) is 5.92 Å². The van der Waals surface area contributed by atoms with Crippen LogP contribution >= 0.6 is 0 Å². The van der Waals surface area contributed by atoms with E-state index in [1.165, 1.54) is 0 Å². The summed E-state index contributed by atoms with van der Waals surface area (Å²) in [5.74, 6) is -1.04. The Morgan fingerprint density at radius 1 is 1.38 bits per heavy atom. The highest BCUT2D eigenvalue weighted by Gasteiger charge is 2.21. The Morgan fingerprint density at radius 2 is 1.94 bits per heavy atom. The first-order chi connectivity index (χ1) is 7.38. The van der Waals surface area contributed by atoms with E-state index in [2.05, 4.69) is 5.32 Å². The van der Waals surface area contributed by atoms with Gasteiger partial charge in [0.05, 0.1) is 0 Å². The average molecular weight is 227 g/mol. The molecule has 0 aromatic heterocycles. The zero-order chi connectivity index (χ0) is 12.7. The van der Waals surface area contributed by atoms with Crippen molar-refractivity contribution in [3.63, 3.8) is 0 Å². The monoisotopic (exact) mass is 227 g/mol. The van der Waals surface area contributed by atoms with Gasteiger partial charge in [-0.3, -0.25) is 4.79 Å². The number of carboxylic acid groups (broad SMARTS) is 1. The number of nitrogens with one attached hydrogen (secondary N) is 1. The molecule has 0 fully saturated rings. The molecule has 0 unspecified atom stereocenters. The highest BCUT2D eigenvalue weighted by molar-refractivity contribution is 5.95. The lowest BCUT2D eigenvalue weighted by Gasteiger charge is -2.16. The largest absolute Gasteiger partial charge is 0.480 e. The van der Waals surface area contributed by atoms with Crippen LogP contribution < -0.4 is 5.32 Å². The SMILES string of the molecule is CCC=C(C)C(=O)N[C@H](CC(C)C)C(=O)O. The maximum absolute atomic E-state index is 11.6. The van der Waals surface area contributed by atoms with Crippen LogP contribution in [0.4, 0.5) is 0 Å². The van der Waals surface area contributed by atoms with E-state index in [1.807, 2.05) is 20.8 Å². The van der Waals surface area contributed by atoms with E-state index >= 15 is 0 Å². The molecule has 0 spiro atoms. The van der Waals surface area contributed by atoms with Gasteiger partial charge in [0.1, 0.15) is 6.04 Å². The zero-order valence-corrected chi connectivity index (χ0v) is 10.4. The number of rotatable bonds is 6. The minimum atomic E-state index is -0.980. The van der Waals surface area contributed by atoms with Crippen molar-refractivity contribution < 1.29 is 14.7 Å². The highest BCUT2D eigenvalue weighted by Crippen LogP contribution is 2.06. The molecule has 0 heterocycles. The molecule has 0 radical (unpaired) electrons. The number of allylic oxidation sites excluding steroid dienone is 1. The molecule has 0 saturated heterocycles. The van der Waals surface area contributed by atoms with Gasteiger partial charge in [0, 0.05) is 5.57 Å². The fraction of sp³-hybridized carbons (Fsp3) is 0.667. The third kappa shape index (κ3) is 5.53. The van der Waals surface area contributed by atoms with Gasteiger partial charge in [-0.15, -0.1) is 0 Å². The minimum Gasteiger partial charge on any atom is -0.480 e. The molecule has 0 aliphatic carbocycles. The van der Waals surface area contributed by atoms with Crippen molar-refractivity contribution in [3.05, 3.63) is 11.6 Å². The van der Waals surface area contributed by atoms with Crippen LogP contribution in [-0.4, -0.2) is 23.0 Å². The summed E-state index contributed by atoms with van der Waals surface area (Å²) in [7, 11) is 0. The Balaban J connectivity index is 4.46. The Kier molecular flexibility index (Phi) is 6.46. The van der Waals surface area contributed by atoms with Crippen LogP contribution in [0.1, 0.15) is 40.5 Å². The molecule has 0 aromatic rings. The number of hydrogen-bond acceptors (Lipinski definition) is 2. The second-order valence-electron chi connectivity index (χ2n) is 4.29. The predicted molar refractivity (Wildman–Crippen MR) is 63.1 cm³/mol. The van der Waals surface area contributed by atoms with Gasteiger partial charge in [0.15, 0.2) is 0 Å². The summed E-state index contributed by atoms with van der Waals surface area (Å²) in [6.07, 6.45) is 2.99. The number of carbonyl (C=O) groups excluding carboxylic acids is 1. The fourth-order valence-corrected chi connectivity index (χ4v) is 1.36. The molecule has 0 saturated carbocycles. The van der Waals surface area contributed by atoms with Gasteiger partial charge in [0.25, 0.3) is 0 Å². The van der Waals surface area contributed by atoms with Crippen LogP contribution in [0.5, 0.6) is 0 Å². The number of carboxylic acids is 1. The second-order valence-corrected chi connectivity index (χ2v) is 4.29. The van der Waals surface area contributed by atoms with Crippen LogP contribution in [0.3, 0.4) is 0 Å². The Morgan fingerprint density at radius 3 is 2.31 bits per heavy atom. The van der Waals surface area contributed by atoms with E-state index in [1.54, 1.807) is 13.0 Å². The molecule has 0 bridgehead atoms. The summed E-state index contributed by atoms with van der Waals surface area (Å²) < 4.78 is 0. The van der Waals surface area contributed by atoms with E-state index in [-0.39, 0.29) is 11.8 Å². The molecule has 4 heteroatoms. The number of aliphatic carboxylic acids is 1. The van der Waals surface area contributed by atoms with Crippen LogP contribution in [0.25, 0.3) is 0 Å². The molecular weight excluding hydrogens is 206 g/mol. The number of carbonyl (C=O) groups is 2. The fourth-order valence-electron chi connectivity index (χ4n) is 1.36. The summed E-state index contributed by atoms with van der Waals surface area (Å²) in [5, 5.41) is 11.5. The smallest absolute Gasteiger partial charge is 0.326 e. The third-order valence-electron chi connectivity index (χ3n) is 2.18. The van der Waals surface area contributed by atoms with E-state index in [4.69, 9.17) is 5.11 Å². The lowest BCUT2D eigenvalue weighted by molar-refractivity contribution is -0.141. The molecule has 1 atom stereocenters. The van der Waals surface area contributed by atoms with E-state index in [0.29, 0.717) is 12.0 Å². The molecule has 1 amide bonds. The van der Waals surface area contributed by atoms with Crippen molar-refractivity contribution in [2.45, 2.75) is 46.6 Å². The van der Waals surface area contributed by atoms with E-state index in [9.17, 15) is 9.59 Å². The van der Waals surface area contributed by atoms with Gasteiger partial charge in [-0.05, 0) is 25.7 Å². The van der Waals surface area contributed by atoms with E-state index in [0.717, 1.165) is 6.42 Å². The van der Waals surface area contributed by atoms with Gasteiger partial charge in [-0.1, -0.05) is 26.8 Å². The van der Waals surface area contributed by atoms with Gasteiger partial charge < -0.3 is 10.4 Å². The van der Waals surface area contributed by atoms with Crippen LogP contribution in [-0.2, 0) is 9.59 Å². The Bertz CT molecular complexity index is 282. The first-order valence-electron chi connectivity index (χ1n) is 5.58. The topological polar surface area (TPSA) is 66.4 Å². The highest BCUT2D eigenvalue weighted by atomic mass is 16.4. The maximum Gasteiger partial charge on any atom is 0.326 e. The molecule has 0 aromatic carbocycles. The lowest BCUT2D eigenvalue weighted by Crippen LogP contribution is -2.41. The van der Waals surface area contributed by atoms with Crippen molar-refractivity contribution in [2.24, 2.45) is 5.92 Å². The first-order valence-corrected chi connectivity index (χ1v) is 5.58. The zero-order valence-electron chi connectivity index (χ0n) is 10.4. The third-order valence-corrected chi connectivity index (χ3v) is 2.18. The van der Waals surface area contributed by atoms with Crippen LogP contribution in [0.2, 0.25) is 0 Å². The molecule has 4 nitrogen and oxygen atoms in total. The van der Waals surface area contributed by atoms with Crippen molar-refractivity contribution in [1.82, 2.24) is 5.32 Å². The van der Waals surface area contributed by atoms with E-state index < -0.39 is 12.0 Å². The van der Waals surface area contributed by atoms with Gasteiger partial charge in [-0.25, -0.2) is 4.79 Å². The first kappa shape index (κ1) is 14.7. The molecular formula is C12H21NO3. The Hall–Kier alpha value is -1.32. The van der Waals surface area contributed by atoms with Crippen molar-refractivity contribution in [3.8, 4) is 0 Å². The van der Waals surface area contributed by atoms with Gasteiger partial charge in [0.2, 0.25) is 5.91 Å². The summed E-state index contributed by atoms with van der Waals surface area (Å²) in [6.45, 7) is 7.47. The summed E-state index contributed by atoms with van der Waals surface area (Å²) >= 11 is 0. The van der Waals surface area contributed by atoms with Gasteiger partial charge in [-0.2, -0.15) is 0 Å². The molecule has 0 aliphatic rings. The van der Waals surface area contributed by atoms with Crippen molar-refractivity contribution >= 4 is 11.9 Å². The molecule has 0 rings (SSSR count). The summed E-state index contributed by atoms with van der Waals surface area (Å²) in [5.41, 5.74) is 0.567. The molecule has 0 aliphatic heterocycles. The molecule has 92 valence electrons. The van der Waals surface area contributed by atoms with Crippen LogP contribution in [0.15, 0.2) is 11.6 Å². The second kappa shape index (κ2) is 7.04. The lowest BCUT2D eigenvalue weighted by atomic mass is 10.0. The Labute approximate surface area is 96.7 Å². The number of hydrogen-bond donors (Lipinski definition) is 2. The minimum absolute atomic E-state index is 0.233. The summed E-state index contributed by atoms with van der Waals surface area (Å²) in [4.78, 5) is 22.5. The molecule has 2 N–H and O–H groups in total. The standard InChI is InChI=1S/C12H21NO3/c1-5-6-9(4)11(14)13-10(12(15)16)7-8(2)3/h6,8,10H,5,7H2,1-4H3,(H,13,14)(H,15,16)/t10-/m1/s1. The maximum atomic E-state index is 11.6. The van der Waals surface area contributed by atoms with Crippen molar-refractivity contribution in [2.75, 3.05) is 0 Å². The quantitative estimate of drug-likeness (QED) is 0.682. The summed E-state index contributed by atoms with van der Waals surface area (Å²) in [6, 6.07) is -0.798. The van der Waals surface area contributed by atoms with Gasteiger partial charge >= 0.3 is 5.97 Å². The number of amides is 1. The average Bonchev–Trinajstić information content (AvgIpc) is 2.16. The molecule has 16 heavy (non-hydrogen) atoms. The normalized spacial score (nSPS) is 13.7. The predicted octanol–water partition coefficient (Wildman–Crippen LogP) is 1.96. The van der Waals surface area contributed by atoms with Crippen molar-refractivity contribution in [1.29, 1.82) is 0 Å².